The standard InChI is InChI=1S/C56H96O13Si/c1-15-16-17-18-19-24-49(58)67-52-42(34-50(59)61-11)33-46(69-56(52,62-12)54(9,10)28-21-29-57)36-47(38-64-70(13,14)53(6,7)8)66-51(60)32-41(5)31-43-22-20-23-44(65-43)35-45-27-30-63-55(68-45)37-40(4)25-26-48(55)39(2)3/h21,28-29,34,39-41,43-48,52H,15-20,22-27,30-33,35-38H2,1-14H3/b28-21+,42-34+/t40-,41-,43+,44-,45+,46+,47-,48+,52+,55?,56-/m1/s1. The van der Waals surface area contributed by atoms with Crippen LogP contribution in [-0.4, -0.2) is 108 Å². The van der Waals surface area contributed by atoms with E-state index in [0.29, 0.717) is 36.0 Å². The maximum absolute atomic E-state index is 14.1. The second-order valence-electron chi connectivity index (χ2n) is 23.7. The Bertz CT molecular complexity index is 1720. The molecule has 0 aromatic rings. The highest BCUT2D eigenvalue weighted by atomic mass is 28.4. The van der Waals surface area contributed by atoms with Crippen LogP contribution in [0.25, 0.3) is 0 Å². The van der Waals surface area contributed by atoms with Crippen molar-refractivity contribution in [2.45, 2.75) is 251 Å². The number of carbonyl (C=O) groups is 4. The number of aldehydes is 1. The Morgan fingerprint density at radius 1 is 0.871 bits per heavy atom. The summed E-state index contributed by atoms with van der Waals surface area (Å²) >= 11 is 0. The molecule has 70 heavy (non-hydrogen) atoms. The van der Waals surface area contributed by atoms with Crippen LogP contribution in [0, 0.1) is 29.1 Å². The monoisotopic (exact) mass is 1000 g/mol. The molecule has 0 radical (unpaired) electrons. The second-order valence-corrected chi connectivity index (χ2v) is 28.6. The fourth-order valence-corrected chi connectivity index (χ4v) is 12.1. The minimum atomic E-state index is -2.32. The van der Waals surface area contributed by atoms with Crippen LogP contribution < -0.4 is 0 Å². The Kier molecular flexibility index (Phi) is 23.3. The highest BCUT2D eigenvalue weighted by Crippen LogP contribution is 2.50. The van der Waals surface area contributed by atoms with Gasteiger partial charge in [0, 0.05) is 50.2 Å². The number of unbranched alkanes of at least 4 members (excludes halogenated alkanes) is 4. The van der Waals surface area contributed by atoms with Crippen molar-refractivity contribution in [2.75, 3.05) is 27.4 Å². The number of ether oxygens (including phenoxy) is 8. The summed E-state index contributed by atoms with van der Waals surface area (Å²) in [5, 5.41) is -0.109. The average Bonchev–Trinajstić information content (AvgIpc) is 3.27. The fraction of sp³-hybridized carbons (Fsp3) is 0.857. The number of hydrogen-bond donors (Lipinski definition) is 0. The molecule has 14 heteroatoms. The van der Waals surface area contributed by atoms with Crippen LogP contribution in [0.1, 0.15) is 185 Å². The number of rotatable bonds is 25. The highest BCUT2D eigenvalue weighted by molar-refractivity contribution is 6.74. The SMILES string of the molecule is CCCCCCCC(=O)O[C@H]1/C(=C/C(=O)OC)C[C@@H](C[C@H](CO[Si](C)(C)C(C)(C)C)OC(=O)C[C@H](C)C[C@@H]2CCC[C@H](C[C@@H]3CCOC4(C[C@H](C)CC[C@H]4C(C)C)O3)O2)O[C@@]1(OC)C(C)(C)/C=C/C=O. The lowest BCUT2D eigenvalue weighted by molar-refractivity contribution is -0.342. The lowest BCUT2D eigenvalue weighted by Crippen LogP contribution is -2.63. The zero-order chi connectivity index (χ0) is 51.9. The Morgan fingerprint density at radius 2 is 1.59 bits per heavy atom. The van der Waals surface area contributed by atoms with Gasteiger partial charge in [0.2, 0.25) is 5.79 Å². The minimum Gasteiger partial charge on any atom is -0.466 e. The van der Waals surface area contributed by atoms with Crippen LogP contribution in [0.3, 0.4) is 0 Å². The van der Waals surface area contributed by atoms with Crippen molar-refractivity contribution >= 4 is 32.5 Å². The average molecular weight is 1010 g/mol. The third-order valence-electron chi connectivity index (χ3n) is 16.0. The topological polar surface area (TPSA) is 151 Å². The van der Waals surface area contributed by atoms with Crippen molar-refractivity contribution in [2.24, 2.45) is 29.1 Å². The van der Waals surface area contributed by atoms with E-state index >= 15 is 0 Å². The Labute approximate surface area is 424 Å². The highest BCUT2D eigenvalue weighted by Gasteiger charge is 2.59. The maximum atomic E-state index is 14.1. The van der Waals surface area contributed by atoms with Crippen LogP contribution in [-0.2, 0) is 61.5 Å². The van der Waals surface area contributed by atoms with Gasteiger partial charge in [-0.25, -0.2) is 4.79 Å². The van der Waals surface area contributed by atoms with Crippen molar-refractivity contribution in [3.05, 3.63) is 23.8 Å². The number of hydrogen-bond acceptors (Lipinski definition) is 13. The van der Waals surface area contributed by atoms with Crippen LogP contribution in [0.15, 0.2) is 23.8 Å². The van der Waals surface area contributed by atoms with Crippen LogP contribution in [0.2, 0.25) is 18.1 Å². The molecule has 1 saturated carbocycles. The van der Waals surface area contributed by atoms with Gasteiger partial charge in [0.05, 0.1) is 44.7 Å². The largest absolute Gasteiger partial charge is 0.466 e. The zero-order valence-electron chi connectivity index (χ0n) is 46.0. The Hall–Kier alpha value is -2.46. The zero-order valence-corrected chi connectivity index (χ0v) is 47.0. The predicted octanol–water partition coefficient (Wildman–Crippen LogP) is 11.9. The van der Waals surface area contributed by atoms with Gasteiger partial charge in [-0.05, 0) is 105 Å². The molecule has 3 saturated heterocycles. The molecule has 1 unspecified atom stereocenters. The van der Waals surface area contributed by atoms with E-state index < -0.39 is 55.6 Å². The lowest BCUT2D eigenvalue weighted by Gasteiger charge is -2.53. The van der Waals surface area contributed by atoms with E-state index in [-0.39, 0.29) is 67.5 Å². The van der Waals surface area contributed by atoms with Crippen molar-refractivity contribution in [3.63, 3.8) is 0 Å². The van der Waals surface area contributed by atoms with Gasteiger partial charge in [-0.15, -0.1) is 0 Å². The van der Waals surface area contributed by atoms with Gasteiger partial charge in [-0.1, -0.05) is 107 Å². The van der Waals surface area contributed by atoms with E-state index in [4.69, 9.17) is 42.3 Å². The quantitative estimate of drug-likeness (QED) is 0.0213. The summed E-state index contributed by atoms with van der Waals surface area (Å²) in [6, 6.07) is 0. The van der Waals surface area contributed by atoms with Gasteiger partial charge in [0.15, 0.2) is 20.2 Å². The summed E-state index contributed by atoms with van der Waals surface area (Å²) in [5.41, 5.74) is -0.662. The van der Waals surface area contributed by atoms with E-state index in [1.54, 1.807) is 6.08 Å². The van der Waals surface area contributed by atoms with E-state index in [1.165, 1.54) is 32.8 Å². The lowest BCUT2D eigenvalue weighted by atomic mass is 9.72. The number of carbonyl (C=O) groups excluding carboxylic acids is 4. The van der Waals surface area contributed by atoms with Crippen molar-refractivity contribution in [1.82, 2.24) is 0 Å². The Morgan fingerprint density at radius 3 is 2.24 bits per heavy atom. The second kappa shape index (κ2) is 27.2. The molecule has 4 aliphatic rings. The molecule has 3 heterocycles. The summed E-state index contributed by atoms with van der Waals surface area (Å²) in [6.45, 7) is 26.4. The summed E-state index contributed by atoms with van der Waals surface area (Å²) < 4.78 is 58.0. The first-order valence-corrected chi connectivity index (χ1v) is 30.0. The van der Waals surface area contributed by atoms with Gasteiger partial charge < -0.3 is 42.3 Å². The summed E-state index contributed by atoms with van der Waals surface area (Å²) in [7, 11) is 0.430. The minimum absolute atomic E-state index is 0.00880. The molecule has 13 nitrogen and oxygen atoms in total. The molecule has 4 rings (SSSR count). The normalized spacial score (nSPS) is 30.6. The molecular formula is C56H96O13Si. The molecule has 1 aliphatic carbocycles. The molecule has 1 spiro atoms. The molecule has 0 aromatic heterocycles. The molecule has 11 atom stereocenters. The summed E-state index contributed by atoms with van der Waals surface area (Å²) in [5.74, 6) is -2.19. The van der Waals surface area contributed by atoms with E-state index in [9.17, 15) is 19.2 Å². The molecule has 3 aliphatic heterocycles. The number of methoxy groups -OCH3 is 2. The smallest absolute Gasteiger partial charge is 0.330 e. The number of allylic oxidation sites excluding steroid dienone is 1. The first-order chi connectivity index (χ1) is 32.9. The van der Waals surface area contributed by atoms with E-state index in [0.717, 1.165) is 83.7 Å². The van der Waals surface area contributed by atoms with Crippen LogP contribution >= 0.6 is 0 Å². The van der Waals surface area contributed by atoms with Crippen LogP contribution in [0.5, 0.6) is 0 Å². The van der Waals surface area contributed by atoms with Crippen molar-refractivity contribution < 1.29 is 61.5 Å². The van der Waals surface area contributed by atoms with Crippen molar-refractivity contribution in [1.29, 1.82) is 0 Å². The third kappa shape index (κ3) is 16.8. The van der Waals surface area contributed by atoms with Gasteiger partial charge in [-0.3, -0.25) is 14.4 Å². The predicted molar refractivity (Wildman–Crippen MR) is 274 cm³/mol. The van der Waals surface area contributed by atoms with Gasteiger partial charge in [0.1, 0.15) is 12.4 Å². The molecule has 4 fully saturated rings. The van der Waals surface area contributed by atoms with Gasteiger partial charge >= 0.3 is 17.9 Å². The molecule has 402 valence electrons. The molecule has 0 bridgehead atoms. The number of esters is 3. The molecule has 0 aromatic carbocycles. The van der Waals surface area contributed by atoms with Crippen molar-refractivity contribution in [3.8, 4) is 0 Å². The fourth-order valence-electron chi connectivity index (χ4n) is 11.1. The third-order valence-corrected chi connectivity index (χ3v) is 20.5. The van der Waals surface area contributed by atoms with Gasteiger partial charge in [-0.2, -0.15) is 0 Å². The van der Waals surface area contributed by atoms with E-state index in [1.807, 2.05) is 13.8 Å². The first-order valence-electron chi connectivity index (χ1n) is 27.1. The maximum Gasteiger partial charge on any atom is 0.330 e. The first kappa shape index (κ1) is 60.1. The molecule has 0 amide bonds. The summed E-state index contributed by atoms with van der Waals surface area (Å²) in [6.07, 6.45) is 16.8. The summed E-state index contributed by atoms with van der Waals surface area (Å²) in [4.78, 5) is 52.5. The van der Waals surface area contributed by atoms with Crippen LogP contribution in [0.4, 0.5) is 0 Å². The molecular weight excluding hydrogens is 909 g/mol. The molecule has 0 N–H and O–H groups in total. The van der Waals surface area contributed by atoms with Gasteiger partial charge in [0.25, 0.3) is 0 Å². The Balaban J connectivity index is 1.51. The van der Waals surface area contributed by atoms with E-state index in [2.05, 4.69) is 68.5 Å².